The number of ether oxygens (including phenoxy) is 4. The van der Waals surface area contributed by atoms with Gasteiger partial charge in [-0.25, -0.2) is 0 Å². The average Bonchev–Trinajstić information content (AvgIpc) is 2.97. The molecule has 0 spiro atoms. The lowest BCUT2D eigenvalue weighted by Crippen LogP contribution is -2.65. The van der Waals surface area contributed by atoms with Crippen LogP contribution < -0.4 is 5.32 Å². The van der Waals surface area contributed by atoms with Crippen LogP contribution in [0.25, 0.3) is 0 Å². The molecule has 0 saturated carbocycles. The summed E-state index contributed by atoms with van der Waals surface area (Å²) in [5.41, 5.74) is 0. The zero-order chi connectivity index (χ0) is 31.2. The molecule has 0 aliphatic carbocycles. The quantitative estimate of drug-likeness (QED) is 0.0752. The fourth-order valence-corrected chi connectivity index (χ4v) is 5.27. The molecular formula is C28H53NO13. The second-order valence-electron chi connectivity index (χ2n) is 11.3. The number of aliphatic hydroxyl groups excluding tert-OH is 8. The van der Waals surface area contributed by atoms with Crippen LogP contribution in [0.3, 0.4) is 0 Å². The van der Waals surface area contributed by atoms with Crippen LogP contribution in [0.2, 0.25) is 0 Å². The standard InChI is InChI=1S/C28H53NO13/c1-3-4-5-6-7-8-9-10-11-12-18(33)17(29-16(2)32)15-39-27-25(38)23(36)26(20(14-31)41-27)42-28-24(37)22(35)21(34)19(13-30)40-28/h17-28,30-31,33-38H,3-15H2,1-2H3,(H,29,32). The van der Waals surface area contributed by atoms with Crippen LogP contribution in [0, 0.1) is 0 Å². The maximum atomic E-state index is 11.8. The SMILES string of the molecule is CCCCCCCCCCCC(O)C(COC1OC(CO)C(OC2OC(CO)C(O)C(O)C2O)C(O)C1O)NC(C)=O. The van der Waals surface area contributed by atoms with E-state index in [1.54, 1.807) is 0 Å². The van der Waals surface area contributed by atoms with Gasteiger partial charge in [-0.1, -0.05) is 64.7 Å². The van der Waals surface area contributed by atoms with E-state index < -0.39 is 86.8 Å². The van der Waals surface area contributed by atoms with Crippen molar-refractivity contribution in [2.24, 2.45) is 0 Å². The normalized spacial score (nSPS) is 35.1. The monoisotopic (exact) mass is 611 g/mol. The van der Waals surface area contributed by atoms with Crippen LogP contribution in [0.5, 0.6) is 0 Å². The highest BCUT2D eigenvalue weighted by molar-refractivity contribution is 5.73. The highest BCUT2D eigenvalue weighted by atomic mass is 16.7. The molecule has 2 heterocycles. The van der Waals surface area contributed by atoms with E-state index in [9.17, 15) is 45.6 Å². The molecule has 0 bridgehead atoms. The molecule has 1 amide bonds. The molecule has 2 rings (SSSR count). The average molecular weight is 612 g/mol. The fourth-order valence-electron chi connectivity index (χ4n) is 5.27. The largest absolute Gasteiger partial charge is 0.394 e. The summed E-state index contributed by atoms with van der Waals surface area (Å²) in [6.45, 7) is 1.82. The van der Waals surface area contributed by atoms with Crippen LogP contribution in [0.4, 0.5) is 0 Å². The van der Waals surface area contributed by atoms with Crippen LogP contribution in [0.15, 0.2) is 0 Å². The number of rotatable bonds is 19. The zero-order valence-electron chi connectivity index (χ0n) is 24.7. The molecule has 14 nitrogen and oxygen atoms in total. The van der Waals surface area contributed by atoms with Crippen molar-refractivity contribution in [1.82, 2.24) is 5.32 Å². The first kappa shape index (κ1) is 37.2. The summed E-state index contributed by atoms with van der Waals surface area (Å²) in [6, 6.07) is -0.819. The summed E-state index contributed by atoms with van der Waals surface area (Å²) in [4.78, 5) is 11.8. The van der Waals surface area contributed by atoms with E-state index in [4.69, 9.17) is 18.9 Å². The van der Waals surface area contributed by atoms with Crippen molar-refractivity contribution in [2.75, 3.05) is 19.8 Å². The first-order valence-corrected chi connectivity index (χ1v) is 15.2. The molecule has 12 unspecified atom stereocenters. The smallest absolute Gasteiger partial charge is 0.217 e. The van der Waals surface area contributed by atoms with Gasteiger partial charge in [-0.3, -0.25) is 4.79 Å². The summed E-state index contributed by atoms with van der Waals surface area (Å²) in [7, 11) is 0. The molecule has 2 aliphatic rings. The third-order valence-corrected chi connectivity index (χ3v) is 7.86. The molecule has 248 valence electrons. The van der Waals surface area contributed by atoms with Gasteiger partial charge in [-0.05, 0) is 6.42 Å². The molecule has 2 fully saturated rings. The Bertz CT molecular complexity index is 745. The first-order chi connectivity index (χ1) is 20.0. The summed E-state index contributed by atoms with van der Waals surface area (Å²) >= 11 is 0. The minimum Gasteiger partial charge on any atom is -0.394 e. The second-order valence-corrected chi connectivity index (χ2v) is 11.3. The third kappa shape index (κ3) is 11.2. The van der Waals surface area contributed by atoms with Gasteiger partial charge in [0.05, 0.1) is 32.0 Å². The number of carbonyl (C=O) groups excluding carboxylic acids is 1. The topological polar surface area (TPSA) is 228 Å². The molecule has 0 aromatic carbocycles. The maximum absolute atomic E-state index is 11.8. The van der Waals surface area contributed by atoms with Crippen molar-refractivity contribution < 1.29 is 64.6 Å². The minimum absolute atomic E-state index is 0.261. The van der Waals surface area contributed by atoms with Gasteiger partial charge in [-0.15, -0.1) is 0 Å². The van der Waals surface area contributed by atoms with Gasteiger partial charge in [0.15, 0.2) is 12.6 Å². The molecule has 2 aliphatic heterocycles. The van der Waals surface area contributed by atoms with Crippen LogP contribution >= 0.6 is 0 Å². The zero-order valence-corrected chi connectivity index (χ0v) is 24.7. The second kappa shape index (κ2) is 19.4. The Morgan fingerprint density at radius 3 is 1.88 bits per heavy atom. The Labute approximate surface area is 247 Å². The van der Waals surface area contributed by atoms with E-state index in [2.05, 4.69) is 12.2 Å². The van der Waals surface area contributed by atoms with E-state index >= 15 is 0 Å². The van der Waals surface area contributed by atoms with Crippen molar-refractivity contribution in [2.45, 2.75) is 152 Å². The van der Waals surface area contributed by atoms with Gasteiger partial charge in [-0.2, -0.15) is 0 Å². The Hall–Kier alpha value is -1.01. The Balaban J connectivity index is 1.89. The first-order valence-electron chi connectivity index (χ1n) is 15.2. The van der Waals surface area contributed by atoms with Crippen molar-refractivity contribution in [3.05, 3.63) is 0 Å². The third-order valence-electron chi connectivity index (χ3n) is 7.86. The van der Waals surface area contributed by atoms with E-state index in [0.29, 0.717) is 6.42 Å². The number of aliphatic hydroxyl groups is 8. The van der Waals surface area contributed by atoms with E-state index in [1.165, 1.54) is 39.0 Å². The molecule has 0 aromatic rings. The predicted octanol–water partition coefficient (Wildman–Crippen LogP) is -1.59. The number of amides is 1. The van der Waals surface area contributed by atoms with Crippen LogP contribution in [0.1, 0.15) is 78.1 Å². The maximum Gasteiger partial charge on any atom is 0.217 e. The molecule has 0 aromatic heterocycles. The van der Waals surface area contributed by atoms with Gasteiger partial charge in [0.1, 0.15) is 48.8 Å². The number of nitrogens with one attached hydrogen (secondary N) is 1. The highest BCUT2D eigenvalue weighted by Gasteiger charge is 2.50. The summed E-state index contributed by atoms with van der Waals surface area (Å²) in [5, 5.41) is 84.3. The van der Waals surface area contributed by atoms with E-state index in [0.717, 1.165) is 25.7 Å². The molecule has 0 radical (unpaired) electrons. The van der Waals surface area contributed by atoms with Crippen LogP contribution in [-0.2, 0) is 23.7 Å². The van der Waals surface area contributed by atoms with Gasteiger partial charge >= 0.3 is 0 Å². The molecule has 42 heavy (non-hydrogen) atoms. The number of hydrogen-bond donors (Lipinski definition) is 9. The summed E-state index contributed by atoms with van der Waals surface area (Å²) in [5.74, 6) is -0.388. The Morgan fingerprint density at radius 1 is 0.762 bits per heavy atom. The van der Waals surface area contributed by atoms with Crippen molar-refractivity contribution in [1.29, 1.82) is 0 Å². The summed E-state index contributed by atoms with van der Waals surface area (Å²) in [6.07, 6.45) is -6.10. The lowest BCUT2D eigenvalue weighted by atomic mass is 9.97. The molecule has 12 atom stereocenters. The van der Waals surface area contributed by atoms with Crippen molar-refractivity contribution >= 4 is 5.91 Å². The lowest BCUT2D eigenvalue weighted by molar-refractivity contribution is -0.359. The Morgan fingerprint density at radius 2 is 1.31 bits per heavy atom. The van der Waals surface area contributed by atoms with Crippen molar-refractivity contribution in [3.8, 4) is 0 Å². The minimum atomic E-state index is -1.77. The number of hydrogen-bond acceptors (Lipinski definition) is 13. The number of unbranched alkanes of at least 4 members (excludes halogenated alkanes) is 8. The van der Waals surface area contributed by atoms with Gasteiger partial charge in [0, 0.05) is 6.92 Å². The van der Waals surface area contributed by atoms with Crippen molar-refractivity contribution in [3.63, 3.8) is 0 Å². The summed E-state index contributed by atoms with van der Waals surface area (Å²) < 4.78 is 22.1. The van der Waals surface area contributed by atoms with E-state index in [1.807, 2.05) is 0 Å². The Kier molecular flexibility index (Phi) is 17.2. The van der Waals surface area contributed by atoms with Gasteiger partial charge in [0.2, 0.25) is 5.91 Å². The highest BCUT2D eigenvalue weighted by Crippen LogP contribution is 2.29. The molecule has 14 heteroatoms. The predicted molar refractivity (Wildman–Crippen MR) is 148 cm³/mol. The van der Waals surface area contributed by atoms with Gasteiger partial charge in [0.25, 0.3) is 0 Å². The number of carbonyl (C=O) groups is 1. The van der Waals surface area contributed by atoms with Gasteiger partial charge < -0.3 is 65.1 Å². The molecular weight excluding hydrogens is 558 g/mol. The van der Waals surface area contributed by atoms with Crippen LogP contribution in [-0.4, -0.2) is 140 Å². The molecule has 9 N–H and O–H groups in total. The molecule has 2 saturated heterocycles. The fraction of sp³-hybridized carbons (Fsp3) is 0.964. The lowest BCUT2D eigenvalue weighted by Gasteiger charge is -2.46. The van der Waals surface area contributed by atoms with E-state index in [-0.39, 0.29) is 12.5 Å².